The molecule has 0 saturated heterocycles. The molecule has 6 nitrogen and oxygen atoms in total. The predicted octanol–water partition coefficient (Wildman–Crippen LogP) is 3.80. The number of nitrogens with one attached hydrogen (secondary N) is 1. The second-order valence-corrected chi connectivity index (χ2v) is 7.24. The average Bonchev–Trinajstić information content (AvgIpc) is 3.27. The van der Waals surface area contributed by atoms with Gasteiger partial charge in [-0.3, -0.25) is 9.59 Å². The van der Waals surface area contributed by atoms with Crippen LogP contribution in [-0.4, -0.2) is 24.8 Å². The molecule has 1 amide bonds. The van der Waals surface area contributed by atoms with E-state index in [0.717, 1.165) is 16.7 Å². The smallest absolute Gasteiger partial charge is 0.318 e. The summed E-state index contributed by atoms with van der Waals surface area (Å²) in [6.45, 7) is 2.06. The molecular weight excluding hydrogens is 394 g/mol. The Kier molecular flexibility index (Phi) is 6.17. The molecule has 3 aromatic carbocycles. The predicted molar refractivity (Wildman–Crippen MR) is 115 cm³/mol. The zero-order valence-electron chi connectivity index (χ0n) is 17.1. The van der Waals surface area contributed by atoms with E-state index in [1.165, 1.54) is 0 Å². The topological polar surface area (TPSA) is 73.9 Å². The molecule has 0 radical (unpaired) electrons. The summed E-state index contributed by atoms with van der Waals surface area (Å²) >= 11 is 0. The third kappa shape index (κ3) is 4.86. The molecule has 0 spiro atoms. The molecule has 1 heterocycles. The molecule has 1 atom stereocenters. The molecule has 0 saturated carbocycles. The van der Waals surface area contributed by atoms with Gasteiger partial charge in [0.1, 0.15) is 5.92 Å². The second kappa shape index (κ2) is 9.34. The van der Waals surface area contributed by atoms with E-state index >= 15 is 0 Å². The molecule has 31 heavy (non-hydrogen) atoms. The Morgan fingerprint density at radius 2 is 1.52 bits per heavy atom. The van der Waals surface area contributed by atoms with Crippen molar-refractivity contribution in [3.63, 3.8) is 0 Å². The van der Waals surface area contributed by atoms with E-state index in [2.05, 4.69) is 5.32 Å². The summed E-state index contributed by atoms with van der Waals surface area (Å²) in [5, 5.41) is 2.80. The fourth-order valence-corrected chi connectivity index (χ4v) is 3.44. The van der Waals surface area contributed by atoms with E-state index in [0.29, 0.717) is 11.5 Å². The van der Waals surface area contributed by atoms with E-state index in [4.69, 9.17) is 14.2 Å². The van der Waals surface area contributed by atoms with Gasteiger partial charge in [-0.2, -0.15) is 0 Å². The number of carbonyl (C=O) groups excluding carboxylic acids is 2. The van der Waals surface area contributed by atoms with Crippen molar-refractivity contribution < 1.29 is 23.8 Å². The molecule has 0 aliphatic carbocycles. The lowest BCUT2D eigenvalue weighted by atomic mass is 9.91. The number of esters is 1. The lowest BCUT2D eigenvalue weighted by molar-refractivity contribution is -0.155. The summed E-state index contributed by atoms with van der Waals surface area (Å²) in [5.41, 5.74) is 2.49. The van der Waals surface area contributed by atoms with E-state index < -0.39 is 18.0 Å². The van der Waals surface area contributed by atoms with Crippen LogP contribution in [0.15, 0.2) is 78.9 Å². The number of hydrogen-bond acceptors (Lipinski definition) is 5. The standard InChI is InChI=1S/C25H23NO5/c1-17(24(27)26-15-18-12-13-21-22(14-18)30-16-29-21)31-25(28)23(19-8-4-2-5-9-19)20-10-6-3-7-11-20/h2-14,17,23H,15-16H2,1H3,(H,26,27)/t17-/m1/s1. The van der Waals surface area contributed by atoms with Crippen LogP contribution >= 0.6 is 0 Å². The molecule has 1 aliphatic rings. The summed E-state index contributed by atoms with van der Waals surface area (Å²) < 4.78 is 16.2. The van der Waals surface area contributed by atoms with Gasteiger partial charge in [0.2, 0.25) is 6.79 Å². The Morgan fingerprint density at radius 1 is 0.903 bits per heavy atom. The van der Waals surface area contributed by atoms with Crippen molar-refractivity contribution in [1.29, 1.82) is 0 Å². The van der Waals surface area contributed by atoms with Crippen molar-refractivity contribution in [2.45, 2.75) is 25.5 Å². The van der Waals surface area contributed by atoms with Gasteiger partial charge in [0.15, 0.2) is 17.6 Å². The third-order valence-electron chi connectivity index (χ3n) is 5.07. The number of hydrogen-bond donors (Lipinski definition) is 1. The van der Waals surface area contributed by atoms with Gasteiger partial charge in [-0.25, -0.2) is 0 Å². The maximum absolute atomic E-state index is 13.0. The van der Waals surface area contributed by atoms with Crippen LogP contribution < -0.4 is 14.8 Å². The molecule has 4 rings (SSSR count). The van der Waals surface area contributed by atoms with Crippen LogP contribution in [0.3, 0.4) is 0 Å². The van der Waals surface area contributed by atoms with Crippen molar-refractivity contribution in [1.82, 2.24) is 5.32 Å². The molecule has 0 fully saturated rings. The van der Waals surface area contributed by atoms with Crippen LogP contribution in [0.25, 0.3) is 0 Å². The number of fused-ring (bicyclic) bond motifs is 1. The van der Waals surface area contributed by atoms with Crippen molar-refractivity contribution in [3.05, 3.63) is 95.6 Å². The molecule has 0 aromatic heterocycles. The minimum Gasteiger partial charge on any atom is -0.454 e. The van der Waals surface area contributed by atoms with Crippen LogP contribution in [0.2, 0.25) is 0 Å². The molecule has 3 aromatic rings. The summed E-state index contributed by atoms with van der Waals surface area (Å²) in [6.07, 6.45) is -0.934. The van der Waals surface area contributed by atoms with Gasteiger partial charge in [-0.1, -0.05) is 66.7 Å². The van der Waals surface area contributed by atoms with Crippen molar-refractivity contribution in [2.75, 3.05) is 6.79 Å². The van der Waals surface area contributed by atoms with Gasteiger partial charge in [0, 0.05) is 6.54 Å². The molecule has 158 valence electrons. The minimum absolute atomic E-state index is 0.197. The Labute approximate surface area is 180 Å². The van der Waals surface area contributed by atoms with Gasteiger partial charge in [0.05, 0.1) is 0 Å². The van der Waals surface area contributed by atoms with Crippen LogP contribution in [0.5, 0.6) is 11.5 Å². The fourth-order valence-electron chi connectivity index (χ4n) is 3.44. The maximum atomic E-state index is 13.0. The second-order valence-electron chi connectivity index (χ2n) is 7.24. The summed E-state index contributed by atoms with van der Waals surface area (Å²) in [5.74, 6) is -0.106. The van der Waals surface area contributed by atoms with Crippen molar-refractivity contribution >= 4 is 11.9 Å². The summed E-state index contributed by atoms with van der Waals surface area (Å²) in [6, 6.07) is 24.3. The molecule has 1 aliphatic heterocycles. The number of rotatable bonds is 7. The largest absolute Gasteiger partial charge is 0.454 e. The lowest BCUT2D eigenvalue weighted by Gasteiger charge is -2.20. The fraction of sp³-hybridized carbons (Fsp3) is 0.200. The molecule has 6 heteroatoms. The van der Waals surface area contributed by atoms with Crippen LogP contribution in [-0.2, 0) is 20.9 Å². The average molecular weight is 417 g/mol. The SMILES string of the molecule is C[C@@H](OC(=O)C(c1ccccc1)c1ccccc1)C(=O)NCc1ccc2c(c1)OCO2. The number of amides is 1. The molecular formula is C25H23NO5. The zero-order chi connectivity index (χ0) is 21.6. The quantitative estimate of drug-likeness (QED) is 0.592. The summed E-state index contributed by atoms with van der Waals surface area (Å²) in [4.78, 5) is 25.6. The van der Waals surface area contributed by atoms with Crippen molar-refractivity contribution in [3.8, 4) is 11.5 Å². The van der Waals surface area contributed by atoms with E-state index in [-0.39, 0.29) is 19.2 Å². The minimum atomic E-state index is -0.934. The Bertz CT molecular complexity index is 1010. The number of ether oxygens (including phenoxy) is 3. The normalized spacial score (nSPS) is 13.0. The monoisotopic (exact) mass is 417 g/mol. The third-order valence-corrected chi connectivity index (χ3v) is 5.07. The Balaban J connectivity index is 1.40. The maximum Gasteiger partial charge on any atom is 0.318 e. The first-order valence-corrected chi connectivity index (χ1v) is 10.1. The molecule has 1 N–H and O–H groups in total. The highest BCUT2D eigenvalue weighted by Gasteiger charge is 2.27. The Morgan fingerprint density at radius 3 is 2.16 bits per heavy atom. The first-order valence-electron chi connectivity index (χ1n) is 10.1. The lowest BCUT2D eigenvalue weighted by Crippen LogP contribution is -2.36. The Hall–Kier alpha value is -3.80. The highest BCUT2D eigenvalue weighted by molar-refractivity contribution is 5.87. The highest BCUT2D eigenvalue weighted by atomic mass is 16.7. The van der Waals surface area contributed by atoms with Crippen LogP contribution in [0.1, 0.15) is 29.5 Å². The van der Waals surface area contributed by atoms with E-state index in [1.807, 2.05) is 72.8 Å². The summed E-state index contributed by atoms with van der Waals surface area (Å²) in [7, 11) is 0. The molecule has 0 unspecified atom stereocenters. The highest BCUT2D eigenvalue weighted by Crippen LogP contribution is 2.32. The number of benzene rings is 3. The van der Waals surface area contributed by atoms with Gasteiger partial charge in [-0.15, -0.1) is 0 Å². The van der Waals surface area contributed by atoms with Gasteiger partial charge < -0.3 is 19.5 Å². The zero-order valence-corrected chi connectivity index (χ0v) is 17.1. The first kappa shape index (κ1) is 20.5. The van der Waals surface area contributed by atoms with Gasteiger partial charge >= 0.3 is 5.97 Å². The van der Waals surface area contributed by atoms with Crippen molar-refractivity contribution in [2.24, 2.45) is 0 Å². The van der Waals surface area contributed by atoms with E-state index in [1.54, 1.807) is 13.0 Å². The molecule has 0 bridgehead atoms. The van der Waals surface area contributed by atoms with Crippen LogP contribution in [0.4, 0.5) is 0 Å². The van der Waals surface area contributed by atoms with Gasteiger partial charge in [0.25, 0.3) is 5.91 Å². The van der Waals surface area contributed by atoms with Crippen LogP contribution in [0, 0.1) is 0 Å². The van der Waals surface area contributed by atoms with Gasteiger partial charge in [-0.05, 0) is 35.7 Å². The van der Waals surface area contributed by atoms with E-state index in [9.17, 15) is 9.59 Å². The first-order chi connectivity index (χ1) is 15.1. The number of carbonyl (C=O) groups is 2.